The third kappa shape index (κ3) is 3.01. The molecule has 2 aromatic heterocycles. The van der Waals surface area contributed by atoms with Crippen LogP contribution in [-0.4, -0.2) is 37.5 Å². The molecule has 138 valence electrons. The van der Waals surface area contributed by atoms with Crippen LogP contribution >= 0.6 is 0 Å². The summed E-state index contributed by atoms with van der Waals surface area (Å²) in [6.07, 6.45) is 0. The summed E-state index contributed by atoms with van der Waals surface area (Å²) in [4.78, 5) is 0. The fourth-order valence-corrected chi connectivity index (χ4v) is 2.91. The maximum atomic E-state index is 15.1. The number of tetrazole rings is 1. The Kier molecular flexibility index (Phi) is 4.06. The second-order valence-electron chi connectivity index (χ2n) is 6.16. The molecule has 0 spiro atoms. The lowest BCUT2D eigenvalue weighted by Crippen LogP contribution is -2.22. The Bertz CT molecular complexity index is 1090. The van der Waals surface area contributed by atoms with Crippen LogP contribution in [0.3, 0.4) is 0 Å². The number of hydrogen-bond donors (Lipinski definition) is 1. The van der Waals surface area contributed by atoms with Crippen LogP contribution < -0.4 is 4.74 Å². The number of aromatic amines is 1. The second kappa shape index (κ2) is 6.42. The molecule has 0 fully saturated rings. The molecule has 27 heavy (non-hydrogen) atoms. The third-order valence-electron chi connectivity index (χ3n) is 4.41. The fraction of sp³-hybridized carbons (Fsp3) is 0.222. The van der Waals surface area contributed by atoms with E-state index in [1.54, 1.807) is 37.4 Å². The van der Waals surface area contributed by atoms with Crippen molar-refractivity contribution in [1.29, 1.82) is 0 Å². The van der Waals surface area contributed by atoms with Crippen molar-refractivity contribution in [3.05, 3.63) is 65.1 Å². The molecule has 0 aliphatic heterocycles. The smallest absolute Gasteiger partial charge is 0.333 e. The predicted octanol–water partition coefficient (Wildman–Crippen LogP) is 3.05. The Morgan fingerprint density at radius 2 is 1.93 bits per heavy atom. The number of hydrogen-bond acceptors (Lipinski definition) is 5. The van der Waals surface area contributed by atoms with Crippen LogP contribution in [-0.2, 0) is 12.5 Å². The summed E-state index contributed by atoms with van der Waals surface area (Å²) in [7, 11) is 1.56. The van der Waals surface area contributed by atoms with E-state index in [4.69, 9.17) is 4.74 Å². The largest absolute Gasteiger partial charge is 0.497 e. The van der Waals surface area contributed by atoms with Gasteiger partial charge in [0.05, 0.1) is 19.2 Å². The number of fused-ring (bicyclic) bond motifs is 1. The maximum Gasteiger partial charge on any atom is 0.333 e. The molecule has 0 bridgehead atoms. The monoisotopic (exact) mass is 370 g/mol. The molecule has 0 amide bonds. The first-order valence-corrected chi connectivity index (χ1v) is 8.21. The highest BCUT2D eigenvalue weighted by atomic mass is 19.3. The number of nitrogens with one attached hydrogen (secondary N) is 1. The van der Waals surface area contributed by atoms with Gasteiger partial charge in [0, 0.05) is 16.6 Å². The summed E-state index contributed by atoms with van der Waals surface area (Å²) in [5.41, 5.74) is 1.86. The lowest BCUT2D eigenvalue weighted by Gasteiger charge is -2.16. The lowest BCUT2D eigenvalue weighted by atomic mass is 10.1. The number of rotatable bonds is 5. The summed E-state index contributed by atoms with van der Waals surface area (Å²) in [5.74, 6) is -3.20. The van der Waals surface area contributed by atoms with Crippen molar-refractivity contribution < 1.29 is 13.5 Å². The van der Waals surface area contributed by atoms with Crippen molar-refractivity contribution in [2.75, 3.05) is 7.11 Å². The first-order valence-electron chi connectivity index (χ1n) is 8.21. The van der Waals surface area contributed by atoms with Crippen molar-refractivity contribution >= 4 is 10.9 Å². The Morgan fingerprint density at radius 3 is 2.67 bits per heavy atom. The minimum Gasteiger partial charge on any atom is -0.497 e. The number of alkyl halides is 2. The van der Waals surface area contributed by atoms with Crippen LogP contribution in [0.25, 0.3) is 10.9 Å². The van der Waals surface area contributed by atoms with E-state index in [1.807, 2.05) is 6.92 Å². The Balaban J connectivity index is 1.68. The van der Waals surface area contributed by atoms with E-state index in [2.05, 4.69) is 25.7 Å². The second-order valence-corrected chi connectivity index (χ2v) is 6.16. The SMILES string of the molecule is COc1ccc(Cn2nnnc2C(F)(F)c2ccc3c(C)[nH]nc3c2)cc1. The quantitative estimate of drug-likeness (QED) is 0.584. The number of H-pyrrole nitrogens is 1. The molecule has 0 unspecified atom stereocenters. The first kappa shape index (κ1) is 17.1. The average molecular weight is 370 g/mol. The predicted molar refractivity (Wildman–Crippen MR) is 93.7 cm³/mol. The van der Waals surface area contributed by atoms with E-state index in [9.17, 15) is 0 Å². The van der Waals surface area contributed by atoms with Gasteiger partial charge in [-0.25, -0.2) is 4.68 Å². The van der Waals surface area contributed by atoms with Crippen LogP contribution in [0.15, 0.2) is 42.5 Å². The van der Waals surface area contributed by atoms with Crippen LogP contribution in [0, 0.1) is 6.92 Å². The molecule has 9 heteroatoms. The molecule has 4 aromatic rings. The van der Waals surface area contributed by atoms with Gasteiger partial charge >= 0.3 is 5.92 Å². The first-order chi connectivity index (χ1) is 13.0. The molecule has 0 radical (unpaired) electrons. The molecule has 0 aliphatic rings. The molecular weight excluding hydrogens is 354 g/mol. The lowest BCUT2D eigenvalue weighted by molar-refractivity contribution is 0.0282. The highest BCUT2D eigenvalue weighted by molar-refractivity contribution is 5.81. The number of aromatic nitrogens is 6. The maximum absolute atomic E-state index is 15.1. The van der Waals surface area contributed by atoms with Crippen molar-refractivity contribution in [3.8, 4) is 5.75 Å². The minimum atomic E-state index is -3.36. The molecule has 1 N–H and O–H groups in total. The highest BCUT2D eigenvalue weighted by Gasteiger charge is 2.40. The van der Waals surface area contributed by atoms with Gasteiger partial charge in [0.1, 0.15) is 5.75 Å². The molecule has 2 aromatic carbocycles. The Hall–Kier alpha value is -3.36. The molecular formula is C18H16F2N6O. The summed E-state index contributed by atoms with van der Waals surface area (Å²) in [6, 6.07) is 11.4. The number of benzene rings is 2. The highest BCUT2D eigenvalue weighted by Crippen LogP contribution is 2.35. The van der Waals surface area contributed by atoms with Crippen LogP contribution in [0.2, 0.25) is 0 Å². The van der Waals surface area contributed by atoms with Crippen LogP contribution in [0.1, 0.15) is 22.6 Å². The summed E-state index contributed by atoms with van der Waals surface area (Å²) >= 11 is 0. The van der Waals surface area contributed by atoms with Crippen molar-refractivity contribution in [2.24, 2.45) is 0 Å². The minimum absolute atomic E-state index is 0.117. The zero-order valence-corrected chi connectivity index (χ0v) is 14.6. The Morgan fingerprint density at radius 1 is 1.15 bits per heavy atom. The van der Waals surface area contributed by atoms with Gasteiger partial charge in [-0.1, -0.05) is 24.3 Å². The van der Waals surface area contributed by atoms with Gasteiger partial charge < -0.3 is 4.74 Å². The van der Waals surface area contributed by atoms with Gasteiger partial charge in [-0.15, -0.1) is 5.10 Å². The summed E-state index contributed by atoms with van der Waals surface area (Å²) in [6.45, 7) is 1.95. The van der Waals surface area contributed by atoms with Crippen molar-refractivity contribution in [1.82, 2.24) is 30.4 Å². The van der Waals surface area contributed by atoms with Crippen LogP contribution in [0.5, 0.6) is 5.75 Å². The van der Waals surface area contributed by atoms with E-state index in [1.165, 1.54) is 12.1 Å². The zero-order valence-electron chi connectivity index (χ0n) is 14.6. The zero-order chi connectivity index (χ0) is 19.0. The molecule has 0 aliphatic carbocycles. The molecule has 7 nitrogen and oxygen atoms in total. The van der Waals surface area contributed by atoms with E-state index < -0.39 is 11.7 Å². The standard InChI is InChI=1S/C18H16F2N6O/c1-11-15-8-5-13(9-16(15)22-21-11)18(19,20)17-23-24-25-26(17)10-12-3-6-14(27-2)7-4-12/h3-9H,10H2,1-2H3,(H,21,22). The van der Waals surface area contributed by atoms with Gasteiger partial charge in [0.25, 0.3) is 0 Å². The molecule has 0 saturated heterocycles. The Labute approximate surface area is 153 Å². The summed E-state index contributed by atoms with van der Waals surface area (Å²) in [5, 5.41) is 18.4. The van der Waals surface area contributed by atoms with Crippen molar-refractivity contribution in [3.63, 3.8) is 0 Å². The van der Waals surface area contributed by atoms with Crippen LogP contribution in [0.4, 0.5) is 8.78 Å². The van der Waals surface area contributed by atoms with Gasteiger partial charge in [0.15, 0.2) is 0 Å². The summed E-state index contributed by atoms with van der Waals surface area (Å²) < 4.78 is 36.4. The fourth-order valence-electron chi connectivity index (χ4n) is 2.91. The molecule has 0 atom stereocenters. The average Bonchev–Trinajstić information content (AvgIpc) is 3.29. The molecule has 2 heterocycles. The van der Waals surface area contributed by atoms with Gasteiger partial charge in [0.2, 0.25) is 5.82 Å². The normalized spacial score (nSPS) is 11.9. The van der Waals surface area contributed by atoms with Gasteiger partial charge in [-0.2, -0.15) is 13.9 Å². The number of ether oxygens (including phenoxy) is 1. The topological polar surface area (TPSA) is 81.5 Å². The van der Waals surface area contributed by atoms with E-state index in [0.29, 0.717) is 11.3 Å². The molecule has 4 rings (SSSR count). The van der Waals surface area contributed by atoms with E-state index in [0.717, 1.165) is 21.3 Å². The number of halogens is 2. The van der Waals surface area contributed by atoms with E-state index >= 15 is 8.78 Å². The van der Waals surface area contributed by atoms with Crippen molar-refractivity contribution in [2.45, 2.75) is 19.4 Å². The van der Waals surface area contributed by atoms with E-state index in [-0.39, 0.29) is 12.1 Å². The molecule has 0 saturated carbocycles. The van der Waals surface area contributed by atoms with Gasteiger partial charge in [-0.05, 0) is 41.1 Å². The van der Waals surface area contributed by atoms with Gasteiger partial charge in [-0.3, -0.25) is 5.10 Å². The number of aryl methyl sites for hydroxylation is 1. The number of nitrogens with zero attached hydrogens (tertiary/aromatic N) is 5. The number of methoxy groups -OCH3 is 1. The third-order valence-corrected chi connectivity index (χ3v) is 4.41.